The molecule has 2 fully saturated rings. The molecule has 1 aromatic rings. The Morgan fingerprint density at radius 2 is 1.95 bits per heavy atom. The standard InChI is InChI=1S/C16H25N3O3/c1-15(2,3)22-14(20)19-11-5-6-12(19)10-16(21,9-11)13-7-8-17-18(13)4/h7-8,11-12,21H,5-6,9-10H2,1-4H3. The van der Waals surface area contributed by atoms with Crippen LogP contribution in [0.2, 0.25) is 0 Å². The van der Waals surface area contributed by atoms with E-state index in [2.05, 4.69) is 5.10 Å². The largest absolute Gasteiger partial charge is 0.444 e. The number of nitrogens with zero attached hydrogens (tertiary/aromatic N) is 3. The van der Waals surface area contributed by atoms with Crippen LogP contribution in [-0.2, 0) is 17.4 Å². The van der Waals surface area contributed by atoms with E-state index in [0.717, 1.165) is 18.5 Å². The molecule has 0 saturated carbocycles. The second kappa shape index (κ2) is 4.98. The van der Waals surface area contributed by atoms with E-state index >= 15 is 0 Å². The predicted octanol–water partition coefficient (Wildman–Crippen LogP) is 2.17. The number of aryl methyl sites for hydroxylation is 1. The molecule has 2 atom stereocenters. The van der Waals surface area contributed by atoms with Gasteiger partial charge in [0, 0.05) is 38.2 Å². The second-order valence-corrected chi connectivity index (χ2v) is 7.55. The molecule has 22 heavy (non-hydrogen) atoms. The van der Waals surface area contributed by atoms with E-state index in [4.69, 9.17) is 4.74 Å². The van der Waals surface area contributed by atoms with Crippen LogP contribution in [0.1, 0.15) is 52.1 Å². The Labute approximate surface area is 131 Å². The van der Waals surface area contributed by atoms with Crippen LogP contribution in [0.25, 0.3) is 0 Å². The van der Waals surface area contributed by atoms with Crippen molar-refractivity contribution in [2.24, 2.45) is 7.05 Å². The summed E-state index contributed by atoms with van der Waals surface area (Å²) in [4.78, 5) is 14.3. The molecule has 0 aliphatic carbocycles. The quantitative estimate of drug-likeness (QED) is 0.863. The summed E-state index contributed by atoms with van der Waals surface area (Å²) < 4.78 is 7.25. The first-order chi connectivity index (χ1) is 10.2. The second-order valence-electron chi connectivity index (χ2n) is 7.55. The molecule has 2 unspecified atom stereocenters. The monoisotopic (exact) mass is 307 g/mol. The minimum atomic E-state index is -0.907. The van der Waals surface area contributed by atoms with Crippen LogP contribution >= 0.6 is 0 Å². The Balaban J connectivity index is 1.80. The summed E-state index contributed by atoms with van der Waals surface area (Å²) in [5, 5.41) is 15.2. The van der Waals surface area contributed by atoms with Crippen LogP contribution in [0.15, 0.2) is 12.3 Å². The third-order valence-electron chi connectivity index (χ3n) is 4.67. The fourth-order valence-electron chi connectivity index (χ4n) is 3.88. The fraction of sp³-hybridized carbons (Fsp3) is 0.750. The first-order valence-electron chi connectivity index (χ1n) is 7.92. The highest BCUT2D eigenvalue weighted by molar-refractivity contribution is 5.69. The van der Waals surface area contributed by atoms with Gasteiger partial charge in [-0.1, -0.05) is 0 Å². The average Bonchev–Trinajstić information content (AvgIpc) is 2.91. The van der Waals surface area contributed by atoms with Crippen LogP contribution in [0.5, 0.6) is 0 Å². The van der Waals surface area contributed by atoms with Crippen molar-refractivity contribution in [3.63, 3.8) is 0 Å². The first kappa shape index (κ1) is 15.3. The van der Waals surface area contributed by atoms with E-state index < -0.39 is 11.2 Å². The van der Waals surface area contributed by atoms with E-state index in [0.29, 0.717) is 12.8 Å². The number of ether oxygens (including phenoxy) is 1. The molecule has 2 saturated heterocycles. The Morgan fingerprint density at radius 1 is 1.36 bits per heavy atom. The lowest BCUT2D eigenvalue weighted by atomic mass is 9.83. The lowest BCUT2D eigenvalue weighted by molar-refractivity contribution is -0.0665. The van der Waals surface area contributed by atoms with Gasteiger partial charge in [0.1, 0.15) is 11.2 Å². The van der Waals surface area contributed by atoms with Gasteiger partial charge in [-0.3, -0.25) is 4.68 Å². The molecule has 0 radical (unpaired) electrons. The van der Waals surface area contributed by atoms with Crippen molar-refractivity contribution in [2.45, 2.75) is 69.7 Å². The van der Waals surface area contributed by atoms with Gasteiger partial charge in [0.25, 0.3) is 0 Å². The molecular weight excluding hydrogens is 282 g/mol. The molecule has 2 aliphatic rings. The smallest absolute Gasteiger partial charge is 0.410 e. The number of carbonyl (C=O) groups is 1. The normalized spacial score (nSPS) is 31.4. The molecule has 1 N–H and O–H groups in total. The highest BCUT2D eigenvalue weighted by atomic mass is 16.6. The molecule has 122 valence electrons. The van der Waals surface area contributed by atoms with Crippen molar-refractivity contribution in [1.82, 2.24) is 14.7 Å². The number of aromatic nitrogens is 2. The number of aliphatic hydroxyl groups is 1. The Morgan fingerprint density at radius 3 is 2.41 bits per heavy atom. The van der Waals surface area contributed by atoms with Crippen LogP contribution < -0.4 is 0 Å². The van der Waals surface area contributed by atoms with Gasteiger partial charge in [-0.25, -0.2) is 4.79 Å². The number of hydrogen-bond donors (Lipinski definition) is 1. The zero-order chi connectivity index (χ0) is 16.1. The van der Waals surface area contributed by atoms with Crippen molar-refractivity contribution in [2.75, 3.05) is 0 Å². The van der Waals surface area contributed by atoms with Gasteiger partial charge in [-0.05, 0) is 39.7 Å². The van der Waals surface area contributed by atoms with Crippen LogP contribution in [0, 0.1) is 0 Å². The fourth-order valence-corrected chi connectivity index (χ4v) is 3.88. The molecule has 0 aromatic carbocycles. The highest BCUT2D eigenvalue weighted by Gasteiger charge is 2.51. The van der Waals surface area contributed by atoms with Gasteiger partial charge in [-0.15, -0.1) is 0 Å². The minimum Gasteiger partial charge on any atom is -0.444 e. The van der Waals surface area contributed by atoms with E-state index in [-0.39, 0.29) is 18.2 Å². The maximum atomic E-state index is 12.4. The van der Waals surface area contributed by atoms with Gasteiger partial charge in [-0.2, -0.15) is 5.10 Å². The van der Waals surface area contributed by atoms with E-state index in [1.807, 2.05) is 38.8 Å². The Hall–Kier alpha value is -1.56. The number of piperidine rings is 1. The van der Waals surface area contributed by atoms with Crippen molar-refractivity contribution >= 4 is 6.09 Å². The van der Waals surface area contributed by atoms with Crippen molar-refractivity contribution in [3.8, 4) is 0 Å². The number of hydrogen-bond acceptors (Lipinski definition) is 4. The molecule has 2 aliphatic heterocycles. The van der Waals surface area contributed by atoms with Crippen molar-refractivity contribution in [1.29, 1.82) is 0 Å². The van der Waals surface area contributed by atoms with Gasteiger partial charge >= 0.3 is 6.09 Å². The number of amides is 1. The van der Waals surface area contributed by atoms with E-state index in [9.17, 15) is 9.90 Å². The van der Waals surface area contributed by atoms with Crippen molar-refractivity contribution < 1.29 is 14.6 Å². The average molecular weight is 307 g/mol. The summed E-state index contributed by atoms with van der Waals surface area (Å²) in [7, 11) is 1.84. The van der Waals surface area contributed by atoms with E-state index in [1.54, 1.807) is 10.9 Å². The summed E-state index contributed by atoms with van der Waals surface area (Å²) in [5.41, 5.74) is -0.574. The van der Waals surface area contributed by atoms with Crippen LogP contribution in [0.3, 0.4) is 0 Å². The Kier molecular flexibility index (Phi) is 3.47. The lowest BCUT2D eigenvalue weighted by Gasteiger charge is -2.43. The number of carbonyl (C=O) groups excluding carboxylic acids is 1. The van der Waals surface area contributed by atoms with Gasteiger partial charge in [0.2, 0.25) is 0 Å². The summed E-state index contributed by atoms with van der Waals surface area (Å²) in [6.45, 7) is 5.63. The zero-order valence-electron chi connectivity index (χ0n) is 13.7. The van der Waals surface area contributed by atoms with Gasteiger partial charge < -0.3 is 14.7 Å². The van der Waals surface area contributed by atoms with Crippen LogP contribution in [-0.4, -0.2) is 43.6 Å². The van der Waals surface area contributed by atoms with Crippen LogP contribution in [0.4, 0.5) is 4.79 Å². The third kappa shape index (κ3) is 2.60. The Bertz CT molecular complexity index is 561. The first-order valence-corrected chi connectivity index (χ1v) is 7.92. The summed E-state index contributed by atoms with van der Waals surface area (Å²) in [6, 6.07) is 1.93. The number of fused-ring (bicyclic) bond motifs is 2. The molecule has 0 spiro atoms. The number of rotatable bonds is 1. The maximum Gasteiger partial charge on any atom is 0.410 e. The summed E-state index contributed by atoms with van der Waals surface area (Å²) >= 11 is 0. The molecule has 6 nitrogen and oxygen atoms in total. The SMILES string of the molecule is Cn1nccc1C1(O)CC2CCC(C1)N2C(=O)OC(C)(C)C. The van der Waals surface area contributed by atoms with Crippen molar-refractivity contribution in [3.05, 3.63) is 18.0 Å². The van der Waals surface area contributed by atoms with Gasteiger partial charge in [0.05, 0.1) is 5.69 Å². The maximum absolute atomic E-state index is 12.4. The van der Waals surface area contributed by atoms with Gasteiger partial charge in [0.15, 0.2) is 0 Å². The molecule has 2 bridgehead atoms. The summed E-state index contributed by atoms with van der Waals surface area (Å²) in [5.74, 6) is 0. The molecular formula is C16H25N3O3. The molecule has 1 aromatic heterocycles. The molecule has 3 heterocycles. The topological polar surface area (TPSA) is 67.6 Å². The highest BCUT2D eigenvalue weighted by Crippen LogP contribution is 2.45. The predicted molar refractivity (Wildman–Crippen MR) is 81.2 cm³/mol. The summed E-state index contributed by atoms with van der Waals surface area (Å²) in [6.07, 6.45) is 4.38. The minimum absolute atomic E-state index is 0.0356. The molecule has 6 heteroatoms. The zero-order valence-corrected chi connectivity index (χ0v) is 13.7. The molecule has 1 amide bonds. The third-order valence-corrected chi connectivity index (χ3v) is 4.67. The van der Waals surface area contributed by atoms with E-state index in [1.165, 1.54) is 0 Å². The lowest BCUT2D eigenvalue weighted by Crippen LogP contribution is -2.53. The molecule has 3 rings (SSSR count).